The molecule has 0 amide bonds. The van der Waals surface area contributed by atoms with Crippen LogP contribution >= 0.6 is 0 Å². The molecule has 1 aliphatic carbocycles. The Hall–Kier alpha value is -2.68. The van der Waals surface area contributed by atoms with Crippen LogP contribution in [0.25, 0.3) is 10.9 Å². The molecule has 2 aliphatic rings. The number of nitrogens with zero attached hydrogens (tertiary/aromatic N) is 2. The highest BCUT2D eigenvalue weighted by atomic mass is 19.1. The number of nitrogens with two attached hydrogens (primary N) is 1. The van der Waals surface area contributed by atoms with Crippen molar-refractivity contribution in [2.75, 3.05) is 30.3 Å². The van der Waals surface area contributed by atoms with Crippen molar-refractivity contribution in [3.05, 3.63) is 33.6 Å². The molecule has 1 saturated carbocycles. The highest BCUT2D eigenvalue weighted by Gasteiger charge is 2.34. The van der Waals surface area contributed by atoms with Crippen LogP contribution in [0.2, 0.25) is 0 Å². The zero-order chi connectivity index (χ0) is 21.7. The number of aromatic nitrogens is 1. The summed E-state index contributed by atoms with van der Waals surface area (Å²) < 4.78 is 32.4. The van der Waals surface area contributed by atoms with Crippen LogP contribution in [0, 0.1) is 17.6 Å². The minimum absolute atomic E-state index is 0.106. The Morgan fingerprint density at radius 3 is 2.60 bits per heavy atom. The number of hydrogen-bond donors (Lipinski definition) is 3. The number of hydrogen-bond acceptors (Lipinski definition) is 5. The fourth-order valence-electron chi connectivity index (χ4n) is 4.23. The van der Waals surface area contributed by atoms with Crippen LogP contribution in [0.1, 0.15) is 49.5 Å². The van der Waals surface area contributed by atoms with Crippen LogP contribution in [0.5, 0.6) is 0 Å². The number of carboxylic acids is 1. The van der Waals surface area contributed by atoms with Gasteiger partial charge in [0, 0.05) is 31.4 Å². The Morgan fingerprint density at radius 1 is 1.30 bits per heavy atom. The second-order valence-corrected chi connectivity index (χ2v) is 8.59. The number of pyridine rings is 1. The van der Waals surface area contributed by atoms with Crippen LogP contribution in [0.3, 0.4) is 0 Å². The Kier molecular flexibility index (Phi) is 5.17. The molecule has 0 radical (unpaired) electrons. The molecule has 30 heavy (non-hydrogen) atoms. The van der Waals surface area contributed by atoms with E-state index in [1.807, 2.05) is 13.8 Å². The van der Waals surface area contributed by atoms with E-state index in [1.165, 1.54) is 4.57 Å². The summed E-state index contributed by atoms with van der Waals surface area (Å²) in [5, 5.41) is 12.3. The van der Waals surface area contributed by atoms with Gasteiger partial charge in [-0.2, -0.15) is 0 Å². The molecule has 1 saturated heterocycles. The van der Waals surface area contributed by atoms with Gasteiger partial charge in [0.2, 0.25) is 5.43 Å². The molecule has 2 fully saturated rings. The summed E-state index contributed by atoms with van der Waals surface area (Å²) in [7, 11) is 0. The van der Waals surface area contributed by atoms with E-state index in [2.05, 4.69) is 5.32 Å². The molecule has 4 N–H and O–H groups in total. The van der Waals surface area contributed by atoms with Crippen molar-refractivity contribution in [3.63, 3.8) is 0 Å². The molecular weight excluding hydrogens is 394 g/mol. The first kappa shape index (κ1) is 20.6. The number of halogens is 2. The lowest BCUT2D eigenvalue weighted by atomic mass is 10.1. The molecule has 4 rings (SSSR count). The number of aromatic carboxylic acids is 1. The highest BCUT2D eigenvalue weighted by molar-refractivity contribution is 5.99. The van der Waals surface area contributed by atoms with Crippen LogP contribution in [-0.2, 0) is 0 Å². The lowest BCUT2D eigenvalue weighted by molar-refractivity contribution is 0.0695. The van der Waals surface area contributed by atoms with Gasteiger partial charge < -0.3 is 25.6 Å². The number of rotatable bonds is 6. The molecule has 1 unspecified atom stereocenters. The van der Waals surface area contributed by atoms with Crippen LogP contribution in [-0.4, -0.2) is 41.3 Å². The molecule has 1 atom stereocenters. The van der Waals surface area contributed by atoms with Gasteiger partial charge in [0.15, 0.2) is 11.6 Å². The number of anilines is 2. The Morgan fingerprint density at radius 2 is 2.00 bits per heavy atom. The summed E-state index contributed by atoms with van der Waals surface area (Å²) >= 11 is 0. The second-order valence-electron chi connectivity index (χ2n) is 8.59. The zero-order valence-corrected chi connectivity index (χ0v) is 17.0. The van der Waals surface area contributed by atoms with Crippen molar-refractivity contribution < 1.29 is 18.7 Å². The predicted molar refractivity (Wildman–Crippen MR) is 111 cm³/mol. The lowest BCUT2D eigenvalue weighted by Crippen LogP contribution is -2.31. The zero-order valence-electron chi connectivity index (χ0n) is 17.0. The number of carboxylic acid groups (broad SMARTS) is 1. The summed E-state index contributed by atoms with van der Waals surface area (Å²) in [5.41, 5.74) is 3.63. The minimum Gasteiger partial charge on any atom is -0.477 e. The Labute approximate surface area is 172 Å². The van der Waals surface area contributed by atoms with E-state index in [-0.39, 0.29) is 23.2 Å². The van der Waals surface area contributed by atoms with Crippen LogP contribution in [0.4, 0.5) is 20.2 Å². The van der Waals surface area contributed by atoms with Crippen LogP contribution in [0.15, 0.2) is 11.0 Å². The summed E-state index contributed by atoms with van der Waals surface area (Å²) in [6.07, 6.45) is 3.41. The first-order chi connectivity index (χ1) is 14.2. The molecule has 9 heteroatoms. The van der Waals surface area contributed by atoms with Gasteiger partial charge in [-0.15, -0.1) is 0 Å². The van der Waals surface area contributed by atoms with Gasteiger partial charge in [0.05, 0.1) is 16.6 Å². The number of fused-ring (bicyclic) bond motifs is 1. The van der Waals surface area contributed by atoms with Crippen molar-refractivity contribution in [1.29, 1.82) is 0 Å². The summed E-state index contributed by atoms with van der Waals surface area (Å²) in [4.78, 5) is 25.8. The number of nitrogens with one attached hydrogen (secondary N) is 1. The second kappa shape index (κ2) is 7.54. The quantitative estimate of drug-likeness (QED) is 0.622. The van der Waals surface area contributed by atoms with Gasteiger partial charge in [0.25, 0.3) is 0 Å². The van der Waals surface area contributed by atoms with Gasteiger partial charge >= 0.3 is 5.97 Å². The highest BCUT2D eigenvalue weighted by Crippen LogP contribution is 2.42. The topological polar surface area (TPSA) is 101 Å². The third-order valence-corrected chi connectivity index (χ3v) is 5.95. The smallest absolute Gasteiger partial charge is 0.341 e. The molecule has 1 aliphatic heterocycles. The molecule has 162 valence electrons. The third kappa shape index (κ3) is 3.40. The summed E-state index contributed by atoms with van der Waals surface area (Å²) in [6, 6.07) is 0.195. The lowest BCUT2D eigenvalue weighted by Gasteiger charge is -2.24. The van der Waals surface area contributed by atoms with Crippen molar-refractivity contribution in [2.24, 2.45) is 5.92 Å². The minimum atomic E-state index is -1.44. The molecule has 0 bridgehead atoms. The molecule has 0 spiro atoms. The molecule has 2 aromatic rings. The maximum Gasteiger partial charge on any atom is 0.341 e. The summed E-state index contributed by atoms with van der Waals surface area (Å²) in [5.74, 6) is -3.06. The van der Waals surface area contributed by atoms with Gasteiger partial charge in [-0.3, -0.25) is 4.79 Å². The van der Waals surface area contributed by atoms with Crippen molar-refractivity contribution >= 4 is 28.2 Å². The Bertz CT molecular complexity index is 1080. The summed E-state index contributed by atoms with van der Waals surface area (Å²) in [6.45, 7) is 5.77. The van der Waals surface area contributed by atoms with Gasteiger partial charge in [-0.1, -0.05) is 13.8 Å². The maximum atomic E-state index is 15.7. The van der Waals surface area contributed by atoms with E-state index < -0.39 is 39.7 Å². The molecule has 2 heterocycles. The van der Waals surface area contributed by atoms with Crippen molar-refractivity contribution in [3.8, 4) is 0 Å². The van der Waals surface area contributed by atoms with Gasteiger partial charge in [0.1, 0.15) is 11.3 Å². The van der Waals surface area contributed by atoms with E-state index in [0.29, 0.717) is 19.1 Å². The van der Waals surface area contributed by atoms with E-state index in [4.69, 9.17) is 5.73 Å². The Balaban J connectivity index is 1.85. The maximum absolute atomic E-state index is 15.7. The monoisotopic (exact) mass is 420 g/mol. The molecule has 1 aromatic carbocycles. The number of nitrogen functional groups attached to an aromatic ring is 1. The molecular formula is C21H26F2N4O3. The first-order valence-corrected chi connectivity index (χ1v) is 10.3. The van der Waals surface area contributed by atoms with E-state index >= 15 is 8.78 Å². The number of benzene rings is 1. The normalized spacial score (nSPS) is 19.2. The van der Waals surface area contributed by atoms with Crippen LogP contribution < -0.4 is 21.4 Å². The molecule has 1 aromatic heterocycles. The fraction of sp³-hybridized carbons (Fsp3) is 0.524. The molecule has 7 nitrogen and oxygen atoms in total. The largest absolute Gasteiger partial charge is 0.477 e. The predicted octanol–water partition coefficient (Wildman–Crippen LogP) is 2.72. The fourth-order valence-corrected chi connectivity index (χ4v) is 4.23. The van der Waals surface area contributed by atoms with E-state index in [9.17, 15) is 14.7 Å². The third-order valence-electron chi connectivity index (χ3n) is 5.95. The number of carbonyl (C=O) groups is 1. The van der Waals surface area contributed by atoms with E-state index in [0.717, 1.165) is 32.0 Å². The van der Waals surface area contributed by atoms with Crippen molar-refractivity contribution in [1.82, 2.24) is 9.88 Å². The SMILES string of the molecule is CC(C)NCC1CCN(c2c(F)c(N)c3c(=O)c(C(=O)O)cn(C4CC4)c3c2F)C1. The standard InChI is InChI=1S/C21H26F2N4O3/c1-10(2)25-7-11-5-6-26(8-11)19-15(22)17(24)14-18(16(19)23)27(12-3-4-12)9-13(20(14)28)21(29)30/h9-12,25H,3-8,24H2,1-2H3,(H,29,30). The van der Waals surface area contributed by atoms with E-state index in [1.54, 1.807) is 4.90 Å². The van der Waals surface area contributed by atoms with Gasteiger partial charge in [-0.25, -0.2) is 13.6 Å². The average Bonchev–Trinajstić information content (AvgIpc) is 3.42. The van der Waals surface area contributed by atoms with Crippen molar-refractivity contribution in [2.45, 2.75) is 45.2 Å². The first-order valence-electron chi connectivity index (χ1n) is 10.3. The average molecular weight is 420 g/mol. The van der Waals surface area contributed by atoms with Gasteiger partial charge in [-0.05, 0) is 31.7 Å².